The number of carboxylic acid groups (broad SMARTS) is 1. The first-order valence-electron chi connectivity index (χ1n) is 6.97. The summed E-state index contributed by atoms with van der Waals surface area (Å²) in [7, 11) is 0. The van der Waals surface area contributed by atoms with Crippen LogP contribution in [0.5, 0.6) is 0 Å². The van der Waals surface area contributed by atoms with Crippen molar-refractivity contribution in [2.45, 2.75) is 31.7 Å². The third-order valence-corrected chi connectivity index (χ3v) is 3.86. The number of carboxylic acids is 1. The molecule has 5 nitrogen and oxygen atoms in total. The molecular weight excluding hydrogens is 254 g/mol. The zero-order valence-corrected chi connectivity index (χ0v) is 11.2. The second-order valence-electron chi connectivity index (χ2n) is 5.15. The summed E-state index contributed by atoms with van der Waals surface area (Å²) in [6.45, 7) is 0.722. The minimum Gasteiger partial charge on any atom is -0.480 e. The first-order chi connectivity index (χ1) is 9.77. The van der Waals surface area contributed by atoms with Crippen LogP contribution >= 0.6 is 0 Å². The van der Waals surface area contributed by atoms with Crippen LogP contribution in [0.1, 0.15) is 25.7 Å². The number of anilines is 1. The zero-order chi connectivity index (χ0) is 13.9. The molecule has 2 heterocycles. The molecule has 0 aliphatic carbocycles. The first-order valence-corrected chi connectivity index (χ1v) is 6.97. The standard InChI is InChI=1S/C15H17N3O2/c19-15(20)13-8-2-1-5-9-18(13)14-12-7-4-3-6-11(12)10-16-17-14/h3-4,6-7,10,13H,1-2,5,8-9H2,(H,19,20). The fourth-order valence-corrected chi connectivity index (χ4v) is 2.84. The van der Waals surface area contributed by atoms with Crippen molar-refractivity contribution in [2.75, 3.05) is 11.4 Å². The monoisotopic (exact) mass is 271 g/mol. The van der Waals surface area contributed by atoms with Crippen LogP contribution in [0.15, 0.2) is 30.5 Å². The van der Waals surface area contributed by atoms with Gasteiger partial charge in [0.15, 0.2) is 5.82 Å². The summed E-state index contributed by atoms with van der Waals surface area (Å²) in [6.07, 6.45) is 5.39. The average molecular weight is 271 g/mol. The molecular formula is C15H17N3O2. The number of hydrogen-bond donors (Lipinski definition) is 1. The SMILES string of the molecule is O=C(O)C1CCCCCN1c1nncc2ccccc12. The third kappa shape index (κ3) is 2.31. The minimum absolute atomic E-state index is 0.502. The lowest BCUT2D eigenvalue weighted by Gasteiger charge is -2.28. The molecule has 1 N–H and O–H groups in total. The molecule has 1 aromatic heterocycles. The van der Waals surface area contributed by atoms with Gasteiger partial charge in [-0.3, -0.25) is 0 Å². The largest absolute Gasteiger partial charge is 0.480 e. The van der Waals surface area contributed by atoms with Gasteiger partial charge in [-0.2, -0.15) is 5.10 Å². The summed E-state index contributed by atoms with van der Waals surface area (Å²) in [5.41, 5.74) is 0. The summed E-state index contributed by atoms with van der Waals surface area (Å²) in [5, 5.41) is 19.7. The Bertz CT molecular complexity index is 624. The topological polar surface area (TPSA) is 66.3 Å². The van der Waals surface area contributed by atoms with E-state index in [1.807, 2.05) is 29.2 Å². The maximum Gasteiger partial charge on any atom is 0.326 e. The van der Waals surface area contributed by atoms with Gasteiger partial charge >= 0.3 is 5.97 Å². The molecule has 0 bridgehead atoms. The van der Waals surface area contributed by atoms with Crippen LogP contribution in [0.2, 0.25) is 0 Å². The summed E-state index contributed by atoms with van der Waals surface area (Å²) >= 11 is 0. The maximum atomic E-state index is 11.5. The third-order valence-electron chi connectivity index (χ3n) is 3.86. The van der Waals surface area contributed by atoms with Crippen molar-refractivity contribution >= 4 is 22.6 Å². The van der Waals surface area contributed by atoms with Crippen LogP contribution < -0.4 is 4.90 Å². The molecule has 0 saturated carbocycles. The number of fused-ring (bicyclic) bond motifs is 1. The van der Waals surface area contributed by atoms with Gasteiger partial charge in [0, 0.05) is 17.3 Å². The Hall–Kier alpha value is -2.17. The minimum atomic E-state index is -0.776. The van der Waals surface area contributed by atoms with E-state index in [2.05, 4.69) is 10.2 Å². The molecule has 2 aromatic rings. The van der Waals surface area contributed by atoms with Crippen LogP contribution in [0.4, 0.5) is 5.82 Å². The number of nitrogens with zero attached hydrogens (tertiary/aromatic N) is 3. The van der Waals surface area contributed by atoms with Crippen LogP contribution in [0, 0.1) is 0 Å². The van der Waals surface area contributed by atoms with Crippen LogP contribution in [0.25, 0.3) is 10.8 Å². The van der Waals surface area contributed by atoms with E-state index in [1.165, 1.54) is 0 Å². The van der Waals surface area contributed by atoms with Gasteiger partial charge in [-0.1, -0.05) is 37.1 Å². The Morgan fingerprint density at radius 3 is 2.95 bits per heavy atom. The lowest BCUT2D eigenvalue weighted by Crippen LogP contribution is -2.41. The Morgan fingerprint density at radius 2 is 2.10 bits per heavy atom. The smallest absolute Gasteiger partial charge is 0.326 e. The Morgan fingerprint density at radius 1 is 1.25 bits per heavy atom. The van der Waals surface area contributed by atoms with Gasteiger partial charge in [-0.05, 0) is 12.8 Å². The molecule has 104 valence electrons. The van der Waals surface area contributed by atoms with Gasteiger partial charge in [0.25, 0.3) is 0 Å². The molecule has 1 unspecified atom stereocenters. The number of aliphatic carboxylic acids is 1. The van der Waals surface area contributed by atoms with E-state index in [4.69, 9.17) is 0 Å². The van der Waals surface area contributed by atoms with E-state index in [9.17, 15) is 9.90 Å². The molecule has 1 saturated heterocycles. The quantitative estimate of drug-likeness (QED) is 0.908. The fraction of sp³-hybridized carbons (Fsp3) is 0.400. The van der Waals surface area contributed by atoms with Crippen molar-refractivity contribution in [3.05, 3.63) is 30.5 Å². The van der Waals surface area contributed by atoms with Crippen LogP contribution in [-0.2, 0) is 4.79 Å². The molecule has 1 fully saturated rings. The normalized spacial score (nSPS) is 19.8. The van der Waals surface area contributed by atoms with E-state index in [-0.39, 0.29) is 0 Å². The highest BCUT2D eigenvalue weighted by molar-refractivity contribution is 5.93. The number of carbonyl (C=O) groups is 1. The molecule has 20 heavy (non-hydrogen) atoms. The molecule has 1 aromatic carbocycles. The van der Waals surface area contributed by atoms with E-state index >= 15 is 0 Å². The lowest BCUT2D eigenvalue weighted by molar-refractivity contribution is -0.138. The molecule has 1 aliphatic rings. The second-order valence-corrected chi connectivity index (χ2v) is 5.15. The van der Waals surface area contributed by atoms with Crippen LogP contribution in [0.3, 0.4) is 0 Å². The number of hydrogen-bond acceptors (Lipinski definition) is 4. The number of rotatable bonds is 2. The van der Waals surface area contributed by atoms with Gasteiger partial charge in [0.2, 0.25) is 0 Å². The highest BCUT2D eigenvalue weighted by Crippen LogP contribution is 2.28. The molecule has 1 atom stereocenters. The molecule has 5 heteroatoms. The van der Waals surface area contributed by atoms with E-state index in [1.54, 1.807) is 6.20 Å². The predicted octanol–water partition coefficient (Wildman–Crippen LogP) is 2.46. The van der Waals surface area contributed by atoms with Gasteiger partial charge in [0.1, 0.15) is 6.04 Å². The summed E-state index contributed by atoms with van der Waals surface area (Å²) in [6, 6.07) is 7.34. The zero-order valence-electron chi connectivity index (χ0n) is 11.2. The van der Waals surface area contributed by atoms with E-state index in [0.717, 1.165) is 36.6 Å². The molecule has 0 amide bonds. The lowest BCUT2D eigenvalue weighted by atomic mass is 10.1. The van der Waals surface area contributed by atoms with Crippen molar-refractivity contribution in [2.24, 2.45) is 0 Å². The highest BCUT2D eigenvalue weighted by atomic mass is 16.4. The highest BCUT2D eigenvalue weighted by Gasteiger charge is 2.29. The van der Waals surface area contributed by atoms with Gasteiger partial charge in [-0.15, -0.1) is 5.10 Å². The Kier molecular flexibility index (Phi) is 3.50. The van der Waals surface area contributed by atoms with Gasteiger partial charge in [-0.25, -0.2) is 4.79 Å². The molecule has 0 spiro atoms. The number of benzene rings is 1. The van der Waals surface area contributed by atoms with Gasteiger partial charge < -0.3 is 10.0 Å². The summed E-state index contributed by atoms with van der Waals surface area (Å²) in [4.78, 5) is 13.4. The summed E-state index contributed by atoms with van der Waals surface area (Å²) in [5.74, 6) is -0.0842. The second kappa shape index (κ2) is 5.45. The summed E-state index contributed by atoms with van der Waals surface area (Å²) < 4.78 is 0. The fourth-order valence-electron chi connectivity index (χ4n) is 2.84. The number of aromatic nitrogens is 2. The van der Waals surface area contributed by atoms with Crippen molar-refractivity contribution in [1.82, 2.24) is 10.2 Å². The van der Waals surface area contributed by atoms with Gasteiger partial charge in [0.05, 0.1) is 6.20 Å². The molecule has 0 radical (unpaired) electrons. The van der Waals surface area contributed by atoms with Crippen molar-refractivity contribution in [1.29, 1.82) is 0 Å². The van der Waals surface area contributed by atoms with E-state index < -0.39 is 12.0 Å². The van der Waals surface area contributed by atoms with Crippen molar-refractivity contribution < 1.29 is 9.90 Å². The maximum absolute atomic E-state index is 11.5. The predicted molar refractivity (Wildman–Crippen MR) is 76.8 cm³/mol. The Balaban J connectivity index is 2.09. The van der Waals surface area contributed by atoms with Crippen molar-refractivity contribution in [3.63, 3.8) is 0 Å². The van der Waals surface area contributed by atoms with Crippen LogP contribution in [-0.4, -0.2) is 33.9 Å². The average Bonchev–Trinajstić information content (AvgIpc) is 2.72. The van der Waals surface area contributed by atoms with Crippen molar-refractivity contribution in [3.8, 4) is 0 Å². The molecule has 1 aliphatic heterocycles. The molecule has 3 rings (SSSR count). The van der Waals surface area contributed by atoms with E-state index in [0.29, 0.717) is 12.2 Å². The first kappa shape index (κ1) is 12.8. The Labute approximate surface area is 117 Å².